The fourth-order valence-corrected chi connectivity index (χ4v) is 3.75. The summed E-state index contributed by atoms with van der Waals surface area (Å²) in [4.78, 5) is 4.41. The number of rotatable bonds is 3. The molecule has 108 valence electrons. The van der Waals surface area contributed by atoms with E-state index in [1.165, 1.54) is 0 Å². The summed E-state index contributed by atoms with van der Waals surface area (Å²) in [6, 6.07) is 0. The highest BCUT2D eigenvalue weighted by atomic mass is 79.9. The van der Waals surface area contributed by atoms with Gasteiger partial charge >= 0.3 is 0 Å². The fourth-order valence-electron chi connectivity index (χ4n) is 1.97. The molecule has 7 heteroatoms. The molecule has 1 aliphatic heterocycles. The molecule has 1 saturated heterocycles. The Bertz CT molecular complexity index is 480. The predicted molar refractivity (Wildman–Crippen MR) is 79.2 cm³/mol. The monoisotopic (exact) mass is 349 g/mol. The van der Waals surface area contributed by atoms with Crippen molar-refractivity contribution in [2.24, 2.45) is 7.05 Å². The van der Waals surface area contributed by atoms with Gasteiger partial charge in [-0.25, -0.2) is 4.98 Å². The molecule has 1 aromatic rings. The van der Waals surface area contributed by atoms with E-state index in [0.717, 1.165) is 16.1 Å². The lowest BCUT2D eigenvalue weighted by molar-refractivity contribution is -0.0705. The lowest BCUT2D eigenvalue weighted by atomic mass is 9.95. The predicted octanol–water partition coefficient (Wildman–Crippen LogP) is 1.77. The Morgan fingerprint density at radius 2 is 2.05 bits per heavy atom. The second-order valence-corrected chi connectivity index (χ2v) is 8.63. The summed E-state index contributed by atoms with van der Waals surface area (Å²) in [5.74, 6) is 0.913. The van der Waals surface area contributed by atoms with Crippen LogP contribution in [0.3, 0.4) is 0 Å². The SMILES string of the molecule is Cc1nc(Br)c(C2(N[S+]([O-])C(C)(C)C)COC2)n1C. The Morgan fingerprint density at radius 1 is 1.47 bits per heavy atom. The largest absolute Gasteiger partial charge is 0.598 e. The van der Waals surface area contributed by atoms with Crippen LogP contribution in [0.25, 0.3) is 0 Å². The molecule has 1 aromatic heterocycles. The van der Waals surface area contributed by atoms with Crippen LogP contribution in [0.2, 0.25) is 0 Å². The maximum atomic E-state index is 12.4. The van der Waals surface area contributed by atoms with Gasteiger partial charge in [-0.2, -0.15) is 0 Å². The number of aryl methyl sites for hydroxylation is 1. The first kappa shape index (κ1) is 15.3. The van der Waals surface area contributed by atoms with Gasteiger partial charge in [0.05, 0.1) is 18.9 Å². The molecule has 1 unspecified atom stereocenters. The molecule has 5 nitrogen and oxygen atoms in total. The Labute approximate surface area is 125 Å². The zero-order valence-corrected chi connectivity index (χ0v) is 14.3. The number of hydrogen-bond acceptors (Lipinski definition) is 4. The lowest BCUT2D eigenvalue weighted by Crippen LogP contribution is -2.62. The van der Waals surface area contributed by atoms with Crippen molar-refractivity contribution in [1.82, 2.24) is 14.3 Å². The molecule has 1 N–H and O–H groups in total. The number of ether oxygens (including phenoxy) is 1. The molecule has 0 bridgehead atoms. The number of aromatic nitrogens is 2. The van der Waals surface area contributed by atoms with Gasteiger partial charge in [0.25, 0.3) is 0 Å². The number of halogens is 1. The number of nitrogens with one attached hydrogen (secondary N) is 1. The topological polar surface area (TPSA) is 62.1 Å². The van der Waals surface area contributed by atoms with Gasteiger partial charge in [-0.1, -0.05) is 0 Å². The highest BCUT2D eigenvalue weighted by Crippen LogP contribution is 2.36. The van der Waals surface area contributed by atoms with E-state index in [0.29, 0.717) is 13.2 Å². The molecule has 0 radical (unpaired) electrons. The number of hydrogen-bond donors (Lipinski definition) is 1. The van der Waals surface area contributed by atoms with Crippen LogP contribution in [-0.4, -0.2) is 32.1 Å². The molecular weight excluding hydrogens is 330 g/mol. The third-order valence-corrected chi connectivity index (χ3v) is 5.51. The minimum absolute atomic E-state index is 0.317. The van der Waals surface area contributed by atoms with Gasteiger partial charge in [0.15, 0.2) is 5.54 Å². The minimum Gasteiger partial charge on any atom is -0.598 e. The van der Waals surface area contributed by atoms with E-state index < -0.39 is 16.9 Å². The summed E-state index contributed by atoms with van der Waals surface area (Å²) in [6.07, 6.45) is 0. The van der Waals surface area contributed by atoms with Crippen LogP contribution in [0.1, 0.15) is 32.3 Å². The first-order valence-electron chi connectivity index (χ1n) is 6.14. The molecule has 0 amide bonds. The Kier molecular flexibility index (Phi) is 4.06. The van der Waals surface area contributed by atoms with Crippen LogP contribution in [0, 0.1) is 6.92 Å². The van der Waals surface area contributed by atoms with Gasteiger partial charge in [-0.05, 0) is 43.6 Å². The summed E-state index contributed by atoms with van der Waals surface area (Å²) in [7, 11) is 1.96. The van der Waals surface area contributed by atoms with Crippen molar-refractivity contribution >= 4 is 27.3 Å². The van der Waals surface area contributed by atoms with Crippen molar-refractivity contribution < 1.29 is 9.29 Å². The Morgan fingerprint density at radius 3 is 2.37 bits per heavy atom. The molecule has 1 atom stereocenters. The summed E-state index contributed by atoms with van der Waals surface area (Å²) in [6.45, 7) is 8.81. The first-order chi connectivity index (χ1) is 8.67. The van der Waals surface area contributed by atoms with Gasteiger partial charge in [0.1, 0.15) is 15.2 Å². The summed E-state index contributed by atoms with van der Waals surface area (Å²) in [5.41, 5.74) is 0.571. The van der Waals surface area contributed by atoms with Gasteiger partial charge in [0.2, 0.25) is 0 Å². The highest BCUT2D eigenvalue weighted by molar-refractivity contribution is 9.10. The van der Waals surface area contributed by atoms with Crippen molar-refractivity contribution in [3.63, 3.8) is 0 Å². The maximum Gasteiger partial charge on any atom is 0.152 e. The molecule has 0 saturated carbocycles. The van der Waals surface area contributed by atoms with E-state index in [-0.39, 0.29) is 4.75 Å². The van der Waals surface area contributed by atoms with Gasteiger partial charge in [0, 0.05) is 18.4 Å². The van der Waals surface area contributed by atoms with E-state index in [2.05, 4.69) is 25.6 Å². The van der Waals surface area contributed by atoms with E-state index in [1.807, 2.05) is 39.3 Å². The molecule has 0 spiro atoms. The second kappa shape index (κ2) is 5.04. The van der Waals surface area contributed by atoms with E-state index >= 15 is 0 Å². The van der Waals surface area contributed by atoms with E-state index in [1.54, 1.807) is 0 Å². The van der Waals surface area contributed by atoms with Gasteiger partial charge < -0.3 is 13.9 Å². The zero-order chi connectivity index (χ0) is 14.4. The molecule has 19 heavy (non-hydrogen) atoms. The van der Waals surface area contributed by atoms with Crippen molar-refractivity contribution in [3.05, 3.63) is 16.1 Å². The Balaban J connectivity index is 2.33. The van der Waals surface area contributed by atoms with Crippen molar-refractivity contribution in [3.8, 4) is 0 Å². The van der Waals surface area contributed by atoms with Crippen molar-refractivity contribution in [1.29, 1.82) is 0 Å². The molecule has 2 rings (SSSR count). The van der Waals surface area contributed by atoms with Crippen LogP contribution in [0.4, 0.5) is 0 Å². The second-order valence-electron chi connectivity index (χ2n) is 5.92. The zero-order valence-electron chi connectivity index (χ0n) is 11.9. The third kappa shape index (κ3) is 2.71. The number of imidazole rings is 1. The van der Waals surface area contributed by atoms with Gasteiger partial charge in [-0.15, -0.1) is 4.72 Å². The normalized spacial score (nSPS) is 20.2. The minimum atomic E-state index is -1.16. The standard InChI is InChI=1S/C12H20BrN3O2S/c1-8-14-10(13)9(16(8)5)12(6-18-7-12)15-19(17)11(2,3)4/h15H,6-7H2,1-5H3. The van der Waals surface area contributed by atoms with Gasteiger partial charge in [-0.3, -0.25) is 0 Å². The maximum absolute atomic E-state index is 12.4. The van der Waals surface area contributed by atoms with Crippen LogP contribution in [-0.2, 0) is 28.7 Å². The smallest absolute Gasteiger partial charge is 0.152 e. The molecule has 0 aromatic carbocycles. The summed E-state index contributed by atoms with van der Waals surface area (Å²) >= 11 is 2.34. The molecule has 0 aliphatic carbocycles. The first-order valence-corrected chi connectivity index (χ1v) is 8.08. The van der Waals surface area contributed by atoms with Crippen LogP contribution < -0.4 is 4.72 Å². The average Bonchev–Trinajstić information content (AvgIpc) is 2.47. The van der Waals surface area contributed by atoms with Crippen molar-refractivity contribution in [2.45, 2.75) is 38.0 Å². The summed E-state index contributed by atoms with van der Waals surface area (Å²) < 4.78 is 23.5. The lowest BCUT2D eigenvalue weighted by Gasteiger charge is -2.43. The van der Waals surface area contributed by atoms with Crippen LogP contribution in [0.5, 0.6) is 0 Å². The van der Waals surface area contributed by atoms with Crippen LogP contribution >= 0.6 is 15.9 Å². The molecule has 1 fully saturated rings. The third-order valence-electron chi connectivity index (χ3n) is 3.27. The quantitative estimate of drug-likeness (QED) is 0.844. The number of nitrogens with zero attached hydrogens (tertiary/aromatic N) is 2. The highest BCUT2D eigenvalue weighted by Gasteiger charge is 2.50. The van der Waals surface area contributed by atoms with E-state index in [9.17, 15) is 4.55 Å². The van der Waals surface area contributed by atoms with Crippen LogP contribution in [0.15, 0.2) is 4.60 Å². The fraction of sp³-hybridized carbons (Fsp3) is 0.750. The summed E-state index contributed by atoms with van der Waals surface area (Å²) in [5, 5.41) is 0. The molecular formula is C12H20BrN3O2S. The van der Waals surface area contributed by atoms with E-state index in [4.69, 9.17) is 4.74 Å². The van der Waals surface area contributed by atoms with Crippen molar-refractivity contribution in [2.75, 3.05) is 13.2 Å². The molecule has 1 aliphatic rings. The Hall–Kier alpha value is -0.0800. The average molecular weight is 350 g/mol. The molecule has 2 heterocycles.